The SMILES string of the molecule is CCOC(=O)c1cc(C2(C)CC2)n[nH]1. The van der Waals surface area contributed by atoms with Crippen LogP contribution in [0.4, 0.5) is 0 Å². The van der Waals surface area contributed by atoms with Crippen molar-refractivity contribution in [3.63, 3.8) is 0 Å². The molecule has 0 atom stereocenters. The van der Waals surface area contributed by atoms with Crippen LogP contribution in [0.15, 0.2) is 6.07 Å². The fraction of sp³-hybridized carbons (Fsp3) is 0.600. The Labute approximate surface area is 82.7 Å². The highest BCUT2D eigenvalue weighted by atomic mass is 16.5. The maximum Gasteiger partial charge on any atom is 0.356 e. The quantitative estimate of drug-likeness (QED) is 0.744. The summed E-state index contributed by atoms with van der Waals surface area (Å²) in [6.07, 6.45) is 2.31. The lowest BCUT2D eigenvalue weighted by Gasteiger charge is -2.00. The number of ether oxygens (including phenoxy) is 1. The van der Waals surface area contributed by atoms with Crippen molar-refractivity contribution in [1.29, 1.82) is 0 Å². The lowest BCUT2D eigenvalue weighted by molar-refractivity contribution is 0.0519. The lowest BCUT2D eigenvalue weighted by Crippen LogP contribution is -2.04. The molecule has 4 nitrogen and oxygen atoms in total. The third kappa shape index (κ3) is 1.52. The second kappa shape index (κ2) is 3.12. The van der Waals surface area contributed by atoms with Crippen LogP contribution in [-0.4, -0.2) is 22.8 Å². The Morgan fingerprint density at radius 2 is 2.43 bits per heavy atom. The van der Waals surface area contributed by atoms with E-state index in [1.807, 2.05) is 0 Å². The van der Waals surface area contributed by atoms with Crippen LogP contribution in [0.3, 0.4) is 0 Å². The minimum absolute atomic E-state index is 0.196. The van der Waals surface area contributed by atoms with Crippen molar-refractivity contribution in [2.75, 3.05) is 6.61 Å². The summed E-state index contributed by atoms with van der Waals surface area (Å²) < 4.78 is 4.86. The number of carbonyl (C=O) groups excluding carboxylic acids is 1. The number of nitrogens with zero attached hydrogens (tertiary/aromatic N) is 1. The molecular formula is C10H14N2O2. The molecule has 0 radical (unpaired) electrons. The molecule has 0 saturated heterocycles. The summed E-state index contributed by atoms with van der Waals surface area (Å²) >= 11 is 0. The van der Waals surface area contributed by atoms with Crippen molar-refractivity contribution < 1.29 is 9.53 Å². The van der Waals surface area contributed by atoms with Gasteiger partial charge in [0.1, 0.15) is 5.69 Å². The average molecular weight is 194 g/mol. The first kappa shape index (κ1) is 9.24. The molecule has 1 heterocycles. The van der Waals surface area contributed by atoms with Crippen LogP contribution in [-0.2, 0) is 10.2 Å². The van der Waals surface area contributed by atoms with E-state index in [1.54, 1.807) is 13.0 Å². The van der Waals surface area contributed by atoms with Crippen LogP contribution in [0.1, 0.15) is 42.9 Å². The molecule has 0 aromatic carbocycles. The molecule has 1 aromatic heterocycles. The van der Waals surface area contributed by atoms with Crippen molar-refractivity contribution in [2.24, 2.45) is 0 Å². The number of nitrogens with one attached hydrogen (secondary N) is 1. The molecule has 0 spiro atoms. The van der Waals surface area contributed by atoms with Crippen LogP contribution < -0.4 is 0 Å². The second-order valence-electron chi connectivity index (χ2n) is 3.95. The summed E-state index contributed by atoms with van der Waals surface area (Å²) in [5, 5.41) is 6.84. The van der Waals surface area contributed by atoms with Gasteiger partial charge in [-0.1, -0.05) is 6.92 Å². The number of hydrogen-bond acceptors (Lipinski definition) is 3. The van der Waals surface area contributed by atoms with Gasteiger partial charge in [0.2, 0.25) is 0 Å². The van der Waals surface area contributed by atoms with Gasteiger partial charge in [-0.2, -0.15) is 5.10 Å². The second-order valence-corrected chi connectivity index (χ2v) is 3.95. The first-order chi connectivity index (χ1) is 6.65. The third-order valence-electron chi connectivity index (χ3n) is 2.69. The monoisotopic (exact) mass is 194 g/mol. The van der Waals surface area contributed by atoms with E-state index in [4.69, 9.17) is 4.74 Å². The first-order valence-corrected chi connectivity index (χ1v) is 4.89. The van der Waals surface area contributed by atoms with Crippen molar-refractivity contribution in [2.45, 2.75) is 32.1 Å². The number of aromatic amines is 1. The molecule has 14 heavy (non-hydrogen) atoms. The van der Waals surface area contributed by atoms with Gasteiger partial charge in [0.15, 0.2) is 0 Å². The van der Waals surface area contributed by atoms with Crippen LogP contribution in [0, 0.1) is 0 Å². The van der Waals surface area contributed by atoms with Gasteiger partial charge in [0, 0.05) is 5.41 Å². The zero-order chi connectivity index (χ0) is 10.2. The van der Waals surface area contributed by atoms with Gasteiger partial charge in [-0.05, 0) is 25.8 Å². The Morgan fingerprint density at radius 1 is 1.71 bits per heavy atom. The van der Waals surface area contributed by atoms with Gasteiger partial charge in [0.25, 0.3) is 0 Å². The first-order valence-electron chi connectivity index (χ1n) is 4.89. The van der Waals surface area contributed by atoms with Crippen LogP contribution in [0.2, 0.25) is 0 Å². The number of esters is 1. The molecule has 76 valence electrons. The summed E-state index contributed by atoms with van der Waals surface area (Å²) in [6.45, 7) is 4.33. The summed E-state index contributed by atoms with van der Waals surface area (Å²) in [6, 6.07) is 1.80. The maximum atomic E-state index is 11.3. The molecule has 1 fully saturated rings. The summed E-state index contributed by atoms with van der Waals surface area (Å²) in [4.78, 5) is 11.3. The molecule has 0 bridgehead atoms. The van der Waals surface area contributed by atoms with Gasteiger partial charge in [-0.3, -0.25) is 5.10 Å². The van der Waals surface area contributed by atoms with Crippen LogP contribution in [0.25, 0.3) is 0 Å². The fourth-order valence-corrected chi connectivity index (χ4v) is 1.39. The molecule has 1 N–H and O–H groups in total. The molecule has 1 aliphatic carbocycles. The van der Waals surface area contributed by atoms with Crippen molar-refractivity contribution in [3.05, 3.63) is 17.5 Å². The molecule has 2 rings (SSSR count). The summed E-state index contributed by atoms with van der Waals surface area (Å²) in [5.74, 6) is -0.324. The van der Waals surface area contributed by atoms with Crippen LogP contribution >= 0.6 is 0 Å². The predicted molar refractivity (Wildman–Crippen MR) is 51.1 cm³/mol. The van der Waals surface area contributed by atoms with E-state index in [2.05, 4.69) is 17.1 Å². The minimum Gasteiger partial charge on any atom is -0.461 e. The molecule has 1 aliphatic rings. The van der Waals surface area contributed by atoms with E-state index >= 15 is 0 Å². The highest BCUT2D eigenvalue weighted by molar-refractivity contribution is 5.87. The summed E-state index contributed by atoms with van der Waals surface area (Å²) in [5.41, 5.74) is 1.62. The molecule has 1 aromatic rings. The number of hydrogen-bond donors (Lipinski definition) is 1. The maximum absolute atomic E-state index is 11.3. The average Bonchev–Trinajstić information content (AvgIpc) is 2.72. The smallest absolute Gasteiger partial charge is 0.356 e. The van der Waals surface area contributed by atoms with Crippen molar-refractivity contribution in [1.82, 2.24) is 10.2 Å². The highest BCUT2D eigenvalue weighted by Crippen LogP contribution is 2.46. The van der Waals surface area contributed by atoms with Gasteiger partial charge in [-0.15, -0.1) is 0 Å². The van der Waals surface area contributed by atoms with Crippen molar-refractivity contribution >= 4 is 5.97 Å². The van der Waals surface area contributed by atoms with E-state index in [0.717, 1.165) is 18.5 Å². The van der Waals surface area contributed by atoms with E-state index in [-0.39, 0.29) is 11.4 Å². The molecule has 1 saturated carbocycles. The largest absolute Gasteiger partial charge is 0.461 e. The Hall–Kier alpha value is -1.32. The van der Waals surface area contributed by atoms with Gasteiger partial charge in [0.05, 0.1) is 12.3 Å². The van der Waals surface area contributed by atoms with Crippen LogP contribution in [0.5, 0.6) is 0 Å². The number of H-pyrrole nitrogens is 1. The number of rotatable bonds is 3. The highest BCUT2D eigenvalue weighted by Gasteiger charge is 2.41. The van der Waals surface area contributed by atoms with Crippen molar-refractivity contribution in [3.8, 4) is 0 Å². The zero-order valence-electron chi connectivity index (χ0n) is 8.46. The molecule has 0 unspecified atom stereocenters. The third-order valence-corrected chi connectivity index (χ3v) is 2.69. The number of carbonyl (C=O) groups is 1. The standard InChI is InChI=1S/C10H14N2O2/c1-3-14-9(13)7-6-8(12-11-7)10(2)4-5-10/h6H,3-5H2,1-2H3,(H,11,12). The Balaban J connectivity index is 2.13. The molecule has 0 aliphatic heterocycles. The predicted octanol–water partition coefficient (Wildman–Crippen LogP) is 1.64. The van der Waals surface area contributed by atoms with Gasteiger partial charge in [-0.25, -0.2) is 4.79 Å². The molecule has 4 heteroatoms. The van der Waals surface area contributed by atoms with E-state index < -0.39 is 0 Å². The number of aromatic nitrogens is 2. The van der Waals surface area contributed by atoms with Gasteiger partial charge < -0.3 is 4.74 Å². The minimum atomic E-state index is -0.324. The topological polar surface area (TPSA) is 55.0 Å². The lowest BCUT2D eigenvalue weighted by atomic mass is 10.1. The van der Waals surface area contributed by atoms with E-state index in [9.17, 15) is 4.79 Å². The fourth-order valence-electron chi connectivity index (χ4n) is 1.39. The Kier molecular flexibility index (Phi) is 2.06. The normalized spacial score (nSPS) is 17.9. The van der Waals surface area contributed by atoms with E-state index in [1.165, 1.54) is 0 Å². The Bertz CT molecular complexity index is 353. The van der Waals surface area contributed by atoms with Gasteiger partial charge >= 0.3 is 5.97 Å². The zero-order valence-corrected chi connectivity index (χ0v) is 8.46. The summed E-state index contributed by atoms with van der Waals surface area (Å²) in [7, 11) is 0. The van der Waals surface area contributed by atoms with E-state index in [0.29, 0.717) is 12.3 Å². The molecule has 0 amide bonds. The molecular weight excluding hydrogens is 180 g/mol. The Morgan fingerprint density at radius 3 is 3.00 bits per heavy atom.